The second-order valence-electron chi connectivity index (χ2n) is 4.94. The molecule has 0 saturated heterocycles. The third-order valence-corrected chi connectivity index (χ3v) is 2.98. The number of hydrogen-bond acceptors (Lipinski definition) is 4. The number of hydrogen-bond donors (Lipinski definition) is 2. The summed E-state index contributed by atoms with van der Waals surface area (Å²) in [5, 5.41) is 5.97. The van der Waals surface area contributed by atoms with E-state index in [0.29, 0.717) is 19.1 Å². The molecule has 5 nitrogen and oxygen atoms in total. The van der Waals surface area contributed by atoms with Crippen LogP contribution >= 0.6 is 0 Å². The van der Waals surface area contributed by atoms with Gasteiger partial charge in [-0.1, -0.05) is 13.8 Å². The summed E-state index contributed by atoms with van der Waals surface area (Å²) < 4.78 is 10.6. The molecule has 0 unspecified atom stereocenters. The number of nitrogens with one attached hydrogen (secondary N) is 2. The maximum absolute atomic E-state index is 11.6. The van der Waals surface area contributed by atoms with Crippen LogP contribution < -0.4 is 20.1 Å². The first-order valence-electron chi connectivity index (χ1n) is 6.45. The second kappa shape index (κ2) is 5.93. The van der Waals surface area contributed by atoms with Crippen LogP contribution in [0.25, 0.3) is 0 Å². The average molecular weight is 264 g/mol. The SMILES string of the molecule is Cc1cc2c(cc1CNC(=O)CNC(C)C)OCO2. The highest BCUT2D eigenvalue weighted by molar-refractivity contribution is 5.78. The van der Waals surface area contributed by atoms with Gasteiger partial charge in [0.15, 0.2) is 11.5 Å². The molecule has 0 aliphatic carbocycles. The van der Waals surface area contributed by atoms with Crippen LogP contribution in [0, 0.1) is 6.92 Å². The normalized spacial score (nSPS) is 12.8. The van der Waals surface area contributed by atoms with Crippen molar-refractivity contribution in [2.24, 2.45) is 0 Å². The Morgan fingerprint density at radius 2 is 2.00 bits per heavy atom. The summed E-state index contributed by atoms with van der Waals surface area (Å²) in [6.45, 7) is 7.12. The van der Waals surface area contributed by atoms with E-state index in [1.807, 2.05) is 32.9 Å². The van der Waals surface area contributed by atoms with Crippen LogP contribution in [0.4, 0.5) is 0 Å². The zero-order valence-corrected chi connectivity index (χ0v) is 11.6. The van der Waals surface area contributed by atoms with E-state index in [2.05, 4.69) is 10.6 Å². The molecule has 19 heavy (non-hydrogen) atoms. The minimum Gasteiger partial charge on any atom is -0.454 e. The molecule has 1 aromatic rings. The van der Waals surface area contributed by atoms with Crippen molar-refractivity contribution in [3.63, 3.8) is 0 Å². The predicted molar refractivity (Wildman–Crippen MR) is 72.3 cm³/mol. The highest BCUT2D eigenvalue weighted by atomic mass is 16.7. The summed E-state index contributed by atoms with van der Waals surface area (Å²) in [6.07, 6.45) is 0. The van der Waals surface area contributed by atoms with Gasteiger partial charge in [0.1, 0.15) is 0 Å². The molecule has 0 radical (unpaired) electrons. The van der Waals surface area contributed by atoms with Crippen molar-refractivity contribution in [3.05, 3.63) is 23.3 Å². The van der Waals surface area contributed by atoms with Crippen LogP contribution in [0.2, 0.25) is 0 Å². The largest absolute Gasteiger partial charge is 0.454 e. The van der Waals surface area contributed by atoms with Gasteiger partial charge in [-0.05, 0) is 30.2 Å². The average Bonchev–Trinajstić information content (AvgIpc) is 2.80. The Kier molecular flexibility index (Phi) is 4.27. The third-order valence-electron chi connectivity index (χ3n) is 2.98. The van der Waals surface area contributed by atoms with Gasteiger partial charge in [-0.25, -0.2) is 0 Å². The summed E-state index contributed by atoms with van der Waals surface area (Å²) in [7, 11) is 0. The Hall–Kier alpha value is -1.75. The van der Waals surface area contributed by atoms with E-state index < -0.39 is 0 Å². The lowest BCUT2D eigenvalue weighted by molar-refractivity contribution is -0.120. The highest BCUT2D eigenvalue weighted by Gasteiger charge is 2.15. The molecule has 0 atom stereocenters. The summed E-state index contributed by atoms with van der Waals surface area (Å²) >= 11 is 0. The fourth-order valence-electron chi connectivity index (χ4n) is 1.83. The Morgan fingerprint density at radius 3 is 2.68 bits per heavy atom. The number of carbonyl (C=O) groups excluding carboxylic acids is 1. The van der Waals surface area contributed by atoms with Crippen molar-refractivity contribution in [1.82, 2.24) is 10.6 Å². The quantitative estimate of drug-likeness (QED) is 0.842. The Labute approximate surface area is 113 Å². The van der Waals surface area contributed by atoms with Crippen molar-refractivity contribution in [1.29, 1.82) is 0 Å². The number of fused-ring (bicyclic) bond motifs is 1. The van der Waals surface area contributed by atoms with Crippen molar-refractivity contribution >= 4 is 5.91 Å². The molecule has 5 heteroatoms. The first kappa shape index (κ1) is 13.7. The van der Waals surface area contributed by atoms with Gasteiger partial charge in [-0.15, -0.1) is 0 Å². The van der Waals surface area contributed by atoms with E-state index in [-0.39, 0.29) is 12.7 Å². The van der Waals surface area contributed by atoms with Gasteiger partial charge < -0.3 is 20.1 Å². The molecule has 0 bridgehead atoms. The summed E-state index contributed by atoms with van der Waals surface area (Å²) in [4.78, 5) is 11.6. The number of amides is 1. The van der Waals surface area contributed by atoms with Crippen LogP contribution in [0.1, 0.15) is 25.0 Å². The van der Waals surface area contributed by atoms with Crippen molar-refractivity contribution in [3.8, 4) is 11.5 Å². The molecule has 0 saturated carbocycles. The smallest absolute Gasteiger partial charge is 0.234 e. The highest BCUT2D eigenvalue weighted by Crippen LogP contribution is 2.34. The monoisotopic (exact) mass is 264 g/mol. The standard InChI is InChI=1S/C14H20N2O3/c1-9(2)15-7-14(17)16-6-11-5-13-12(4-10(11)3)18-8-19-13/h4-5,9,15H,6-8H2,1-3H3,(H,16,17). The first-order valence-corrected chi connectivity index (χ1v) is 6.45. The number of carbonyl (C=O) groups is 1. The second-order valence-corrected chi connectivity index (χ2v) is 4.94. The Balaban J connectivity index is 1.91. The maximum Gasteiger partial charge on any atom is 0.234 e. The molecular weight excluding hydrogens is 244 g/mol. The van der Waals surface area contributed by atoms with Gasteiger partial charge >= 0.3 is 0 Å². The molecule has 1 amide bonds. The molecule has 0 aromatic heterocycles. The molecule has 0 fully saturated rings. The summed E-state index contributed by atoms with van der Waals surface area (Å²) in [6, 6.07) is 4.17. The van der Waals surface area contributed by atoms with Crippen LogP contribution in [0.5, 0.6) is 11.5 Å². The Morgan fingerprint density at radius 1 is 1.32 bits per heavy atom. The van der Waals surface area contributed by atoms with E-state index in [9.17, 15) is 4.79 Å². The number of rotatable bonds is 5. The number of aryl methyl sites for hydroxylation is 1. The molecule has 1 aromatic carbocycles. The van der Waals surface area contributed by atoms with Gasteiger partial charge in [-0.2, -0.15) is 0 Å². The van der Waals surface area contributed by atoms with E-state index in [4.69, 9.17) is 9.47 Å². The minimum atomic E-state index is -0.00855. The summed E-state index contributed by atoms with van der Waals surface area (Å²) in [5.74, 6) is 1.51. The van der Waals surface area contributed by atoms with Crippen LogP contribution in [0.15, 0.2) is 12.1 Å². The minimum absolute atomic E-state index is 0.00855. The first-order chi connectivity index (χ1) is 9.06. The van der Waals surface area contributed by atoms with Crippen LogP contribution in [0.3, 0.4) is 0 Å². The molecule has 1 aliphatic rings. The maximum atomic E-state index is 11.6. The predicted octanol–water partition coefficient (Wildman–Crippen LogP) is 1.34. The Bertz CT molecular complexity index is 472. The fourth-order valence-corrected chi connectivity index (χ4v) is 1.83. The van der Waals surface area contributed by atoms with E-state index in [1.165, 1.54) is 0 Å². The molecular formula is C14H20N2O3. The topological polar surface area (TPSA) is 59.6 Å². The summed E-state index contributed by atoms with van der Waals surface area (Å²) in [5.41, 5.74) is 2.13. The lowest BCUT2D eigenvalue weighted by Gasteiger charge is -2.11. The molecule has 0 spiro atoms. The van der Waals surface area contributed by atoms with Gasteiger partial charge in [0.2, 0.25) is 12.7 Å². The molecule has 104 valence electrons. The fraction of sp³-hybridized carbons (Fsp3) is 0.500. The van der Waals surface area contributed by atoms with E-state index in [1.54, 1.807) is 0 Å². The molecule has 1 heterocycles. The van der Waals surface area contributed by atoms with Crippen molar-refractivity contribution in [2.45, 2.75) is 33.4 Å². The lowest BCUT2D eigenvalue weighted by Crippen LogP contribution is -2.36. The van der Waals surface area contributed by atoms with Crippen molar-refractivity contribution in [2.75, 3.05) is 13.3 Å². The van der Waals surface area contributed by atoms with E-state index >= 15 is 0 Å². The number of ether oxygens (including phenoxy) is 2. The molecule has 1 aliphatic heterocycles. The van der Waals surface area contributed by atoms with Crippen LogP contribution in [-0.4, -0.2) is 25.3 Å². The van der Waals surface area contributed by atoms with Crippen molar-refractivity contribution < 1.29 is 14.3 Å². The van der Waals surface area contributed by atoms with Gasteiger partial charge in [-0.3, -0.25) is 4.79 Å². The van der Waals surface area contributed by atoms with Gasteiger partial charge in [0, 0.05) is 12.6 Å². The van der Waals surface area contributed by atoms with Crippen LogP contribution in [-0.2, 0) is 11.3 Å². The molecule has 2 rings (SSSR count). The zero-order chi connectivity index (χ0) is 13.8. The third kappa shape index (κ3) is 3.61. The number of benzene rings is 1. The lowest BCUT2D eigenvalue weighted by atomic mass is 10.1. The van der Waals surface area contributed by atoms with Gasteiger partial charge in [0.25, 0.3) is 0 Å². The van der Waals surface area contributed by atoms with E-state index in [0.717, 1.165) is 22.6 Å². The molecule has 2 N–H and O–H groups in total. The van der Waals surface area contributed by atoms with Gasteiger partial charge in [0.05, 0.1) is 6.54 Å². The zero-order valence-electron chi connectivity index (χ0n) is 11.6.